The van der Waals surface area contributed by atoms with E-state index in [1.165, 1.54) is 12.1 Å². The van der Waals surface area contributed by atoms with E-state index in [1.54, 1.807) is 0 Å². The number of halogens is 4. The van der Waals surface area contributed by atoms with Gasteiger partial charge < -0.3 is 5.73 Å². The van der Waals surface area contributed by atoms with E-state index in [4.69, 9.17) is 17.3 Å². The van der Waals surface area contributed by atoms with E-state index in [9.17, 15) is 23.3 Å². The van der Waals surface area contributed by atoms with Crippen molar-refractivity contribution in [3.8, 4) is 0 Å². The SMILES string of the molecule is N[C@H](CCC(F)(F)F)c1cc(Cl)ccc1[N+](=O)[O-]. The zero-order chi connectivity index (χ0) is 13.9. The normalized spacial score (nSPS) is 13.4. The third-order valence-corrected chi connectivity index (χ3v) is 2.56. The molecule has 1 aromatic rings. The van der Waals surface area contributed by atoms with E-state index < -0.39 is 30.0 Å². The molecule has 1 aromatic carbocycles. The second-order valence-corrected chi connectivity index (χ2v) is 4.16. The first-order chi connectivity index (χ1) is 8.20. The summed E-state index contributed by atoms with van der Waals surface area (Å²) in [6.07, 6.45) is -5.87. The van der Waals surface area contributed by atoms with Crippen LogP contribution in [-0.2, 0) is 0 Å². The van der Waals surface area contributed by atoms with Gasteiger partial charge in [0.25, 0.3) is 5.69 Å². The first kappa shape index (κ1) is 14.7. The van der Waals surface area contributed by atoms with Crippen LogP contribution >= 0.6 is 11.6 Å². The van der Waals surface area contributed by atoms with Gasteiger partial charge in [-0.05, 0) is 18.6 Å². The minimum atomic E-state index is -4.34. The molecule has 0 heterocycles. The minimum Gasteiger partial charge on any atom is -0.324 e. The highest BCUT2D eigenvalue weighted by Gasteiger charge is 2.29. The molecular formula is C10H10ClF3N2O2. The van der Waals surface area contributed by atoms with Gasteiger partial charge in [-0.2, -0.15) is 13.2 Å². The Morgan fingerprint density at radius 3 is 2.56 bits per heavy atom. The maximum Gasteiger partial charge on any atom is 0.389 e. The van der Waals surface area contributed by atoms with E-state index in [0.29, 0.717) is 0 Å². The van der Waals surface area contributed by atoms with Gasteiger partial charge in [0.2, 0.25) is 0 Å². The molecule has 8 heteroatoms. The molecule has 18 heavy (non-hydrogen) atoms. The molecular weight excluding hydrogens is 273 g/mol. The number of nitro benzene ring substituents is 1. The van der Waals surface area contributed by atoms with Crippen LogP contribution in [0.25, 0.3) is 0 Å². The second kappa shape index (κ2) is 5.53. The highest BCUT2D eigenvalue weighted by molar-refractivity contribution is 6.30. The van der Waals surface area contributed by atoms with Gasteiger partial charge in [-0.15, -0.1) is 0 Å². The molecule has 2 N–H and O–H groups in total. The highest BCUT2D eigenvalue weighted by Crippen LogP contribution is 2.32. The average molecular weight is 283 g/mol. The van der Waals surface area contributed by atoms with Crippen molar-refractivity contribution in [3.05, 3.63) is 38.9 Å². The molecule has 0 amide bonds. The maximum atomic E-state index is 12.1. The Balaban J connectivity index is 2.93. The van der Waals surface area contributed by atoms with Gasteiger partial charge in [0.05, 0.1) is 4.92 Å². The molecule has 0 bridgehead atoms. The van der Waals surface area contributed by atoms with Crippen LogP contribution in [0.3, 0.4) is 0 Å². The minimum absolute atomic E-state index is 0.0109. The van der Waals surface area contributed by atoms with E-state index in [0.717, 1.165) is 6.07 Å². The number of nitrogens with two attached hydrogens (primary N) is 1. The fourth-order valence-electron chi connectivity index (χ4n) is 1.46. The van der Waals surface area contributed by atoms with E-state index in [2.05, 4.69) is 0 Å². The molecule has 0 aliphatic rings. The molecule has 0 saturated heterocycles. The van der Waals surface area contributed by atoms with Crippen LogP contribution in [0.2, 0.25) is 5.02 Å². The zero-order valence-corrected chi connectivity index (χ0v) is 9.83. The maximum absolute atomic E-state index is 12.1. The van der Waals surface area contributed by atoms with Crippen molar-refractivity contribution in [1.29, 1.82) is 0 Å². The molecule has 0 aromatic heterocycles. The van der Waals surface area contributed by atoms with Gasteiger partial charge >= 0.3 is 6.18 Å². The molecule has 0 aliphatic heterocycles. The Hall–Kier alpha value is -1.34. The first-order valence-corrected chi connectivity index (χ1v) is 5.34. The van der Waals surface area contributed by atoms with Crippen molar-refractivity contribution < 1.29 is 18.1 Å². The Morgan fingerprint density at radius 2 is 2.06 bits per heavy atom. The Bertz CT molecular complexity index is 451. The Labute approximate surface area is 106 Å². The standard InChI is InChI=1S/C10H10ClF3N2O2/c11-6-1-2-9(16(17)18)7(5-6)8(15)3-4-10(12,13)14/h1-2,5,8H,3-4,15H2/t8-/m1/s1. The smallest absolute Gasteiger partial charge is 0.324 e. The summed E-state index contributed by atoms with van der Waals surface area (Å²) >= 11 is 5.66. The predicted molar refractivity (Wildman–Crippen MR) is 60.3 cm³/mol. The summed E-state index contributed by atoms with van der Waals surface area (Å²) in [5, 5.41) is 10.9. The molecule has 0 saturated carbocycles. The summed E-state index contributed by atoms with van der Waals surface area (Å²) < 4.78 is 36.2. The van der Waals surface area contributed by atoms with Crippen LogP contribution in [0.4, 0.5) is 18.9 Å². The van der Waals surface area contributed by atoms with Crippen molar-refractivity contribution in [3.63, 3.8) is 0 Å². The molecule has 1 atom stereocenters. The number of rotatable bonds is 4. The topological polar surface area (TPSA) is 69.2 Å². The van der Waals surface area contributed by atoms with Crippen LogP contribution in [-0.4, -0.2) is 11.1 Å². The van der Waals surface area contributed by atoms with Crippen LogP contribution in [0.1, 0.15) is 24.4 Å². The highest BCUT2D eigenvalue weighted by atomic mass is 35.5. The lowest BCUT2D eigenvalue weighted by Gasteiger charge is -2.14. The fourth-order valence-corrected chi connectivity index (χ4v) is 1.64. The van der Waals surface area contributed by atoms with E-state index in [-0.39, 0.29) is 16.3 Å². The molecule has 4 nitrogen and oxygen atoms in total. The third-order valence-electron chi connectivity index (χ3n) is 2.32. The van der Waals surface area contributed by atoms with Crippen molar-refractivity contribution in [1.82, 2.24) is 0 Å². The van der Waals surface area contributed by atoms with Gasteiger partial charge in [-0.1, -0.05) is 11.6 Å². The van der Waals surface area contributed by atoms with Gasteiger partial charge in [-0.3, -0.25) is 10.1 Å². The van der Waals surface area contributed by atoms with Crippen molar-refractivity contribution in [2.45, 2.75) is 25.1 Å². The number of benzene rings is 1. The van der Waals surface area contributed by atoms with E-state index in [1.807, 2.05) is 0 Å². The van der Waals surface area contributed by atoms with E-state index >= 15 is 0 Å². The number of nitro groups is 1. The molecule has 100 valence electrons. The third kappa shape index (κ3) is 4.15. The number of hydrogen-bond donors (Lipinski definition) is 1. The summed E-state index contributed by atoms with van der Waals surface area (Å²) in [6.45, 7) is 0. The van der Waals surface area contributed by atoms with Crippen LogP contribution in [0.5, 0.6) is 0 Å². The average Bonchev–Trinajstić information content (AvgIpc) is 2.24. The summed E-state index contributed by atoms with van der Waals surface area (Å²) in [6, 6.07) is 2.57. The van der Waals surface area contributed by atoms with Crippen LogP contribution in [0.15, 0.2) is 18.2 Å². The summed E-state index contributed by atoms with van der Waals surface area (Å²) in [7, 11) is 0. The largest absolute Gasteiger partial charge is 0.389 e. The van der Waals surface area contributed by atoms with Crippen LogP contribution in [0, 0.1) is 10.1 Å². The summed E-state index contributed by atoms with van der Waals surface area (Å²) in [5.41, 5.74) is 5.23. The lowest BCUT2D eigenvalue weighted by molar-refractivity contribution is -0.385. The Kier molecular flexibility index (Phi) is 4.53. The van der Waals surface area contributed by atoms with Gasteiger partial charge in [0.1, 0.15) is 0 Å². The van der Waals surface area contributed by atoms with Crippen molar-refractivity contribution in [2.75, 3.05) is 0 Å². The van der Waals surface area contributed by atoms with Crippen molar-refractivity contribution >= 4 is 17.3 Å². The molecule has 0 spiro atoms. The first-order valence-electron chi connectivity index (χ1n) is 4.97. The van der Waals surface area contributed by atoms with Crippen LogP contribution < -0.4 is 5.73 Å². The van der Waals surface area contributed by atoms with Gasteiger partial charge in [-0.25, -0.2) is 0 Å². The Morgan fingerprint density at radius 1 is 1.44 bits per heavy atom. The molecule has 0 fully saturated rings. The summed E-state index contributed by atoms with van der Waals surface area (Å²) in [4.78, 5) is 10.0. The quantitative estimate of drug-likeness (QED) is 0.678. The fraction of sp³-hybridized carbons (Fsp3) is 0.400. The summed E-state index contributed by atoms with van der Waals surface area (Å²) in [5.74, 6) is 0. The molecule has 0 aliphatic carbocycles. The molecule has 0 radical (unpaired) electrons. The number of nitrogens with zero attached hydrogens (tertiary/aromatic N) is 1. The van der Waals surface area contributed by atoms with Gasteiger partial charge in [0, 0.05) is 29.1 Å². The lowest BCUT2D eigenvalue weighted by atomic mass is 10.0. The predicted octanol–water partition coefficient (Wildman–Crippen LogP) is 3.59. The van der Waals surface area contributed by atoms with Crippen molar-refractivity contribution in [2.24, 2.45) is 5.73 Å². The molecule has 1 rings (SSSR count). The second-order valence-electron chi connectivity index (χ2n) is 3.72. The number of alkyl halides is 3. The monoisotopic (exact) mass is 282 g/mol. The van der Waals surface area contributed by atoms with Gasteiger partial charge in [0.15, 0.2) is 0 Å². The molecule has 0 unspecified atom stereocenters. The lowest BCUT2D eigenvalue weighted by Crippen LogP contribution is -2.17. The zero-order valence-electron chi connectivity index (χ0n) is 9.08. The number of hydrogen-bond acceptors (Lipinski definition) is 3.